The first-order valence-electron chi connectivity index (χ1n) is 16.4. The van der Waals surface area contributed by atoms with Gasteiger partial charge in [0.1, 0.15) is 11.2 Å². The van der Waals surface area contributed by atoms with Gasteiger partial charge in [0.2, 0.25) is 0 Å². The molecule has 0 aliphatic carbocycles. The van der Waals surface area contributed by atoms with Crippen molar-refractivity contribution in [1.82, 2.24) is 0 Å². The lowest BCUT2D eigenvalue weighted by Crippen LogP contribution is -2.10. The molecule has 10 aromatic rings. The molecule has 0 aliphatic rings. The minimum Gasteiger partial charge on any atom is -0.456 e. The number of benzene rings is 9. The Labute approximate surface area is 277 Å². The van der Waals surface area contributed by atoms with Gasteiger partial charge in [-0.15, -0.1) is 0 Å². The zero-order valence-corrected chi connectivity index (χ0v) is 26.1. The van der Waals surface area contributed by atoms with E-state index in [4.69, 9.17) is 4.42 Å². The molecule has 10 rings (SSSR count). The summed E-state index contributed by atoms with van der Waals surface area (Å²) in [6, 6.07) is 63.5. The predicted octanol–water partition coefficient (Wildman–Crippen LogP) is 13.3. The molecule has 0 bridgehead atoms. The van der Waals surface area contributed by atoms with Crippen LogP contribution < -0.4 is 4.90 Å². The van der Waals surface area contributed by atoms with Crippen molar-refractivity contribution >= 4 is 82.1 Å². The molecule has 0 fully saturated rings. The van der Waals surface area contributed by atoms with E-state index in [1.807, 2.05) is 12.1 Å². The number of fused-ring (bicyclic) bond motifs is 9. The molecular formula is C46H29NO. The van der Waals surface area contributed by atoms with Crippen LogP contribution in [0.4, 0.5) is 17.1 Å². The Morgan fingerprint density at radius 3 is 1.85 bits per heavy atom. The molecule has 0 amide bonds. The van der Waals surface area contributed by atoms with E-state index in [0.29, 0.717) is 0 Å². The third-order valence-corrected chi connectivity index (χ3v) is 9.81. The standard InChI is InChI=1S/C46H29NO/c1-2-9-30(10-3-1)31-19-22-35(23-20-31)47(36-24-26-38-33(27-36)18-17-32-11-4-5-12-37(32)38)44-15-8-14-39-40(44)25-21-34-28-46-43(29-42(34)39)41-13-6-7-16-45(41)48-46/h1-29H. The number of furan rings is 1. The summed E-state index contributed by atoms with van der Waals surface area (Å²) >= 11 is 0. The summed E-state index contributed by atoms with van der Waals surface area (Å²) in [5.74, 6) is 0. The monoisotopic (exact) mass is 611 g/mol. The maximum atomic E-state index is 6.25. The van der Waals surface area contributed by atoms with Crippen LogP contribution in [0.1, 0.15) is 0 Å². The van der Waals surface area contributed by atoms with E-state index in [0.717, 1.165) is 39.0 Å². The highest BCUT2D eigenvalue weighted by molar-refractivity contribution is 6.19. The van der Waals surface area contributed by atoms with Gasteiger partial charge in [0.15, 0.2) is 0 Å². The molecule has 0 spiro atoms. The van der Waals surface area contributed by atoms with E-state index in [1.54, 1.807) is 0 Å². The van der Waals surface area contributed by atoms with Crippen molar-refractivity contribution in [2.24, 2.45) is 0 Å². The Balaban J connectivity index is 1.20. The summed E-state index contributed by atoms with van der Waals surface area (Å²) in [4.78, 5) is 2.41. The van der Waals surface area contributed by atoms with Crippen LogP contribution in [0.25, 0.3) is 76.2 Å². The molecule has 0 aliphatic heterocycles. The Kier molecular flexibility index (Phi) is 5.91. The molecule has 9 aromatic carbocycles. The number of hydrogen-bond acceptors (Lipinski definition) is 2. The molecule has 2 nitrogen and oxygen atoms in total. The van der Waals surface area contributed by atoms with Gasteiger partial charge in [-0.25, -0.2) is 0 Å². The third-order valence-electron chi connectivity index (χ3n) is 9.81. The van der Waals surface area contributed by atoms with E-state index in [9.17, 15) is 0 Å². The number of anilines is 3. The van der Waals surface area contributed by atoms with Crippen LogP contribution in [-0.4, -0.2) is 0 Å². The highest BCUT2D eigenvalue weighted by Gasteiger charge is 2.18. The van der Waals surface area contributed by atoms with Crippen molar-refractivity contribution in [3.8, 4) is 11.1 Å². The SMILES string of the molecule is c1ccc(-c2ccc(N(c3ccc4c(ccc5ccccc54)c3)c3cccc4c3ccc3cc5oc6ccccc6c5cc34)cc2)cc1. The van der Waals surface area contributed by atoms with Gasteiger partial charge >= 0.3 is 0 Å². The molecule has 224 valence electrons. The smallest absolute Gasteiger partial charge is 0.136 e. The largest absolute Gasteiger partial charge is 0.456 e. The van der Waals surface area contributed by atoms with E-state index < -0.39 is 0 Å². The fourth-order valence-corrected chi connectivity index (χ4v) is 7.49. The van der Waals surface area contributed by atoms with E-state index in [1.165, 1.54) is 54.2 Å². The summed E-state index contributed by atoms with van der Waals surface area (Å²) in [5.41, 5.74) is 7.62. The second-order valence-corrected chi connectivity index (χ2v) is 12.5. The molecule has 1 heterocycles. The summed E-state index contributed by atoms with van der Waals surface area (Å²) in [6.45, 7) is 0. The molecule has 0 N–H and O–H groups in total. The van der Waals surface area contributed by atoms with E-state index in [-0.39, 0.29) is 0 Å². The zero-order chi connectivity index (χ0) is 31.6. The average Bonchev–Trinajstić information content (AvgIpc) is 3.52. The minimum atomic E-state index is 0.919. The summed E-state index contributed by atoms with van der Waals surface area (Å²) < 4.78 is 6.25. The summed E-state index contributed by atoms with van der Waals surface area (Å²) in [7, 11) is 0. The second kappa shape index (κ2) is 10.6. The van der Waals surface area contributed by atoms with Gasteiger partial charge in [-0.1, -0.05) is 127 Å². The second-order valence-electron chi connectivity index (χ2n) is 12.5. The number of para-hydroxylation sites is 1. The lowest BCUT2D eigenvalue weighted by atomic mass is 9.97. The molecule has 2 heteroatoms. The average molecular weight is 612 g/mol. The first kappa shape index (κ1) is 26.8. The van der Waals surface area contributed by atoms with Crippen LogP contribution >= 0.6 is 0 Å². The van der Waals surface area contributed by atoms with Crippen LogP contribution in [0.5, 0.6) is 0 Å². The van der Waals surface area contributed by atoms with Gasteiger partial charge in [-0.05, 0) is 97.4 Å². The fourth-order valence-electron chi connectivity index (χ4n) is 7.49. The molecule has 0 radical (unpaired) electrons. The van der Waals surface area contributed by atoms with Gasteiger partial charge in [0.05, 0.1) is 5.69 Å². The third kappa shape index (κ3) is 4.20. The highest BCUT2D eigenvalue weighted by Crippen LogP contribution is 2.43. The topological polar surface area (TPSA) is 16.4 Å². The van der Waals surface area contributed by atoms with E-state index >= 15 is 0 Å². The normalized spacial score (nSPS) is 11.8. The lowest BCUT2D eigenvalue weighted by Gasteiger charge is -2.28. The Morgan fingerprint density at radius 2 is 0.958 bits per heavy atom. The molecule has 0 saturated carbocycles. The molecular weight excluding hydrogens is 583 g/mol. The maximum absolute atomic E-state index is 6.25. The predicted molar refractivity (Wildman–Crippen MR) is 204 cm³/mol. The van der Waals surface area contributed by atoms with Crippen molar-refractivity contribution < 1.29 is 4.42 Å². The van der Waals surface area contributed by atoms with Crippen LogP contribution in [0.2, 0.25) is 0 Å². The van der Waals surface area contributed by atoms with Gasteiger partial charge in [0.25, 0.3) is 0 Å². The Morgan fingerprint density at radius 1 is 0.312 bits per heavy atom. The van der Waals surface area contributed by atoms with Crippen LogP contribution in [-0.2, 0) is 0 Å². The number of nitrogens with zero attached hydrogens (tertiary/aromatic N) is 1. The summed E-state index contributed by atoms with van der Waals surface area (Å²) in [5, 5.41) is 12.1. The van der Waals surface area contributed by atoms with Crippen molar-refractivity contribution in [1.29, 1.82) is 0 Å². The number of hydrogen-bond donors (Lipinski definition) is 0. The van der Waals surface area contributed by atoms with Crippen LogP contribution in [0.3, 0.4) is 0 Å². The lowest BCUT2D eigenvalue weighted by molar-refractivity contribution is 0.669. The van der Waals surface area contributed by atoms with Crippen LogP contribution in [0.15, 0.2) is 180 Å². The van der Waals surface area contributed by atoms with Crippen molar-refractivity contribution in [3.05, 3.63) is 176 Å². The quantitative estimate of drug-likeness (QED) is 0.184. The Bertz CT molecular complexity index is 2830. The van der Waals surface area contributed by atoms with Crippen molar-refractivity contribution in [2.75, 3.05) is 4.90 Å². The molecule has 0 atom stereocenters. The van der Waals surface area contributed by atoms with Gasteiger partial charge in [-0.3, -0.25) is 0 Å². The first-order chi connectivity index (χ1) is 23.8. The summed E-state index contributed by atoms with van der Waals surface area (Å²) in [6.07, 6.45) is 0. The van der Waals surface area contributed by atoms with Crippen molar-refractivity contribution in [2.45, 2.75) is 0 Å². The number of rotatable bonds is 4. The molecule has 0 saturated heterocycles. The molecule has 48 heavy (non-hydrogen) atoms. The Hall–Kier alpha value is -6.38. The van der Waals surface area contributed by atoms with Gasteiger partial charge < -0.3 is 9.32 Å². The maximum Gasteiger partial charge on any atom is 0.136 e. The van der Waals surface area contributed by atoms with Crippen molar-refractivity contribution in [3.63, 3.8) is 0 Å². The van der Waals surface area contributed by atoms with Crippen LogP contribution in [0, 0.1) is 0 Å². The van der Waals surface area contributed by atoms with E-state index in [2.05, 4.69) is 169 Å². The molecule has 0 unspecified atom stereocenters. The van der Waals surface area contributed by atoms with Gasteiger partial charge in [-0.2, -0.15) is 0 Å². The molecule has 1 aromatic heterocycles. The first-order valence-corrected chi connectivity index (χ1v) is 16.4. The zero-order valence-electron chi connectivity index (χ0n) is 26.1. The highest BCUT2D eigenvalue weighted by atomic mass is 16.3. The fraction of sp³-hybridized carbons (Fsp3) is 0. The van der Waals surface area contributed by atoms with Gasteiger partial charge in [0, 0.05) is 27.5 Å². The minimum absolute atomic E-state index is 0.919.